The van der Waals surface area contributed by atoms with Gasteiger partial charge in [0.05, 0.1) is 5.56 Å². The molecule has 3 rings (SSSR count). The van der Waals surface area contributed by atoms with E-state index in [2.05, 4.69) is 34.6 Å². The summed E-state index contributed by atoms with van der Waals surface area (Å²) in [4.78, 5) is 4.45. The van der Waals surface area contributed by atoms with Gasteiger partial charge in [0.1, 0.15) is 11.9 Å². The Balaban J connectivity index is 2.00. The van der Waals surface area contributed by atoms with Crippen LogP contribution in [-0.2, 0) is 12.8 Å². The van der Waals surface area contributed by atoms with Crippen molar-refractivity contribution in [3.63, 3.8) is 0 Å². The maximum atomic E-state index is 9.20. The summed E-state index contributed by atoms with van der Waals surface area (Å²) in [5.41, 5.74) is 5.40. The van der Waals surface area contributed by atoms with Gasteiger partial charge in [-0.3, -0.25) is 0 Å². The highest BCUT2D eigenvalue weighted by atomic mass is 15.0. The molecule has 1 aliphatic rings. The molecule has 1 aromatic heterocycles. The largest absolute Gasteiger partial charge is 0.339 e. The highest BCUT2D eigenvalue weighted by molar-refractivity contribution is 5.67. The number of anilines is 2. The number of aryl methyl sites for hydroxylation is 2. The monoisotopic (exact) mass is 263 g/mol. The van der Waals surface area contributed by atoms with Crippen LogP contribution in [0.15, 0.2) is 30.3 Å². The van der Waals surface area contributed by atoms with Crippen LogP contribution in [-0.4, -0.2) is 4.98 Å². The van der Waals surface area contributed by atoms with Crippen molar-refractivity contribution in [3.8, 4) is 6.07 Å². The minimum atomic E-state index is 0.587. The third kappa shape index (κ3) is 2.37. The van der Waals surface area contributed by atoms with Crippen molar-refractivity contribution < 1.29 is 0 Å². The van der Waals surface area contributed by atoms with E-state index in [1.54, 1.807) is 0 Å². The SMILES string of the molecule is Cc1ccc(C#N)c(Nc2cccc3c2CCCC3)n1. The van der Waals surface area contributed by atoms with Gasteiger partial charge in [-0.25, -0.2) is 4.98 Å². The normalized spacial score (nSPS) is 13.4. The summed E-state index contributed by atoms with van der Waals surface area (Å²) < 4.78 is 0. The van der Waals surface area contributed by atoms with Crippen LogP contribution in [0.3, 0.4) is 0 Å². The zero-order valence-electron chi connectivity index (χ0n) is 11.6. The van der Waals surface area contributed by atoms with E-state index >= 15 is 0 Å². The third-order valence-electron chi connectivity index (χ3n) is 3.80. The highest BCUT2D eigenvalue weighted by Gasteiger charge is 2.14. The second kappa shape index (κ2) is 5.34. The van der Waals surface area contributed by atoms with Crippen LogP contribution < -0.4 is 5.32 Å². The summed E-state index contributed by atoms with van der Waals surface area (Å²) >= 11 is 0. The second-order valence-corrected chi connectivity index (χ2v) is 5.24. The number of fused-ring (bicyclic) bond motifs is 1. The number of aromatic nitrogens is 1. The Kier molecular flexibility index (Phi) is 3.39. The molecule has 0 radical (unpaired) electrons. The van der Waals surface area contributed by atoms with Crippen LogP contribution in [0.4, 0.5) is 11.5 Å². The van der Waals surface area contributed by atoms with Crippen LogP contribution in [0.5, 0.6) is 0 Å². The van der Waals surface area contributed by atoms with Gasteiger partial charge in [0.2, 0.25) is 0 Å². The molecule has 0 saturated carbocycles. The first-order valence-electron chi connectivity index (χ1n) is 7.03. The van der Waals surface area contributed by atoms with Gasteiger partial charge in [0, 0.05) is 11.4 Å². The van der Waals surface area contributed by atoms with E-state index in [1.807, 2.05) is 19.1 Å². The molecule has 0 amide bonds. The van der Waals surface area contributed by atoms with Crippen molar-refractivity contribution in [3.05, 3.63) is 52.7 Å². The maximum absolute atomic E-state index is 9.20. The number of hydrogen-bond acceptors (Lipinski definition) is 3. The van der Waals surface area contributed by atoms with Gasteiger partial charge in [0.15, 0.2) is 0 Å². The average Bonchev–Trinajstić information content (AvgIpc) is 2.48. The fourth-order valence-corrected chi connectivity index (χ4v) is 2.77. The first-order valence-corrected chi connectivity index (χ1v) is 7.03. The van der Waals surface area contributed by atoms with Crippen molar-refractivity contribution in [1.29, 1.82) is 5.26 Å². The van der Waals surface area contributed by atoms with Crippen molar-refractivity contribution in [2.45, 2.75) is 32.6 Å². The number of nitrogens with zero attached hydrogens (tertiary/aromatic N) is 2. The van der Waals surface area contributed by atoms with Gasteiger partial charge in [-0.1, -0.05) is 12.1 Å². The Bertz CT molecular complexity index is 683. The molecular formula is C17H17N3. The Morgan fingerprint density at radius 3 is 2.85 bits per heavy atom. The zero-order chi connectivity index (χ0) is 13.9. The van der Waals surface area contributed by atoms with Gasteiger partial charge in [-0.2, -0.15) is 5.26 Å². The highest BCUT2D eigenvalue weighted by Crippen LogP contribution is 2.30. The van der Waals surface area contributed by atoms with Gasteiger partial charge < -0.3 is 5.32 Å². The lowest BCUT2D eigenvalue weighted by Gasteiger charge is -2.20. The number of nitrogens with one attached hydrogen (secondary N) is 1. The van der Waals surface area contributed by atoms with E-state index in [0.717, 1.165) is 24.2 Å². The smallest absolute Gasteiger partial charge is 0.148 e. The van der Waals surface area contributed by atoms with Gasteiger partial charge in [-0.15, -0.1) is 0 Å². The molecule has 3 nitrogen and oxygen atoms in total. The fourth-order valence-electron chi connectivity index (χ4n) is 2.77. The molecule has 1 aromatic carbocycles. The summed E-state index contributed by atoms with van der Waals surface area (Å²) in [7, 11) is 0. The molecule has 1 heterocycles. The first-order chi connectivity index (χ1) is 9.78. The number of rotatable bonds is 2. The molecule has 1 aliphatic carbocycles. The molecule has 0 saturated heterocycles. The lowest BCUT2D eigenvalue weighted by molar-refractivity contribution is 0.687. The topological polar surface area (TPSA) is 48.7 Å². The molecule has 20 heavy (non-hydrogen) atoms. The van der Waals surface area contributed by atoms with Crippen molar-refractivity contribution in [2.24, 2.45) is 0 Å². The van der Waals surface area contributed by atoms with Crippen LogP contribution in [0.2, 0.25) is 0 Å². The lowest BCUT2D eigenvalue weighted by atomic mass is 9.90. The molecule has 1 N–H and O–H groups in total. The van der Waals surface area contributed by atoms with E-state index < -0.39 is 0 Å². The summed E-state index contributed by atoms with van der Waals surface area (Å²) in [6, 6.07) is 12.2. The minimum absolute atomic E-state index is 0.587. The fraction of sp³-hybridized carbons (Fsp3) is 0.294. The molecule has 3 heteroatoms. The summed E-state index contributed by atoms with van der Waals surface area (Å²) in [5.74, 6) is 0.659. The summed E-state index contributed by atoms with van der Waals surface area (Å²) in [5, 5.41) is 12.6. The van der Waals surface area contributed by atoms with E-state index in [9.17, 15) is 5.26 Å². The molecule has 0 bridgehead atoms. The third-order valence-corrected chi connectivity index (χ3v) is 3.80. The summed E-state index contributed by atoms with van der Waals surface area (Å²) in [6.45, 7) is 1.94. The van der Waals surface area contributed by atoms with Crippen LogP contribution in [0, 0.1) is 18.3 Å². The Labute approximate surface area is 119 Å². The Hall–Kier alpha value is -2.34. The molecule has 0 aliphatic heterocycles. The second-order valence-electron chi connectivity index (χ2n) is 5.24. The van der Waals surface area contributed by atoms with E-state index in [4.69, 9.17) is 0 Å². The standard InChI is InChI=1S/C17H17N3/c1-12-9-10-14(11-18)17(19-12)20-16-8-4-6-13-5-2-3-7-15(13)16/h4,6,8-10H,2-3,5,7H2,1H3,(H,19,20). The van der Waals surface area contributed by atoms with Gasteiger partial charge in [0.25, 0.3) is 0 Å². The number of pyridine rings is 1. The number of hydrogen-bond donors (Lipinski definition) is 1. The van der Waals surface area contributed by atoms with E-state index in [-0.39, 0.29) is 0 Å². The van der Waals surface area contributed by atoms with E-state index in [0.29, 0.717) is 11.4 Å². The average molecular weight is 263 g/mol. The molecule has 0 unspecified atom stereocenters. The maximum Gasteiger partial charge on any atom is 0.148 e. The van der Waals surface area contributed by atoms with Gasteiger partial charge in [-0.05, 0) is 61.9 Å². The first kappa shape index (κ1) is 12.7. The molecule has 100 valence electrons. The van der Waals surface area contributed by atoms with Crippen LogP contribution >= 0.6 is 0 Å². The predicted octanol–water partition coefficient (Wildman–Crippen LogP) is 3.88. The lowest BCUT2D eigenvalue weighted by Crippen LogP contribution is -2.07. The molecule has 0 atom stereocenters. The quantitative estimate of drug-likeness (QED) is 0.894. The zero-order valence-corrected chi connectivity index (χ0v) is 11.6. The Morgan fingerprint density at radius 2 is 2.00 bits per heavy atom. The number of benzene rings is 1. The molecule has 0 spiro atoms. The summed E-state index contributed by atoms with van der Waals surface area (Å²) in [6.07, 6.45) is 4.75. The molecular weight excluding hydrogens is 246 g/mol. The Morgan fingerprint density at radius 1 is 1.15 bits per heavy atom. The van der Waals surface area contributed by atoms with Crippen LogP contribution in [0.25, 0.3) is 0 Å². The van der Waals surface area contributed by atoms with Crippen molar-refractivity contribution >= 4 is 11.5 Å². The van der Waals surface area contributed by atoms with E-state index in [1.165, 1.54) is 24.0 Å². The van der Waals surface area contributed by atoms with Crippen molar-refractivity contribution in [2.75, 3.05) is 5.32 Å². The predicted molar refractivity (Wildman–Crippen MR) is 80.1 cm³/mol. The molecule has 0 fully saturated rings. The number of nitriles is 1. The minimum Gasteiger partial charge on any atom is -0.339 e. The van der Waals surface area contributed by atoms with Crippen LogP contribution in [0.1, 0.15) is 35.2 Å². The van der Waals surface area contributed by atoms with Gasteiger partial charge >= 0.3 is 0 Å². The molecule has 2 aromatic rings. The van der Waals surface area contributed by atoms with Crippen molar-refractivity contribution in [1.82, 2.24) is 4.98 Å².